The summed E-state index contributed by atoms with van der Waals surface area (Å²) in [4.78, 5) is 34.4. The van der Waals surface area contributed by atoms with Crippen LogP contribution in [0.1, 0.15) is 37.1 Å². The molecule has 2 unspecified atom stereocenters. The van der Waals surface area contributed by atoms with E-state index in [0.29, 0.717) is 0 Å². The summed E-state index contributed by atoms with van der Waals surface area (Å²) in [6.45, 7) is 2.61. The first-order valence-corrected chi connectivity index (χ1v) is 6.58. The molecule has 2 aromatic heterocycles. The van der Waals surface area contributed by atoms with E-state index >= 15 is 0 Å². The van der Waals surface area contributed by atoms with E-state index in [1.54, 1.807) is 0 Å². The number of carboxylic acids is 2. The van der Waals surface area contributed by atoms with Crippen molar-refractivity contribution in [2.45, 2.75) is 25.7 Å². The minimum Gasteiger partial charge on any atom is -0.549 e. The topological polar surface area (TPSA) is 132 Å². The first kappa shape index (κ1) is 27.2. The first-order valence-electron chi connectivity index (χ1n) is 6.58. The van der Waals surface area contributed by atoms with Gasteiger partial charge in [-0.3, -0.25) is 0 Å². The number of aliphatic carboxylic acids is 2. The van der Waals surface area contributed by atoms with Crippen LogP contribution in [0.5, 0.6) is 0 Å². The van der Waals surface area contributed by atoms with Gasteiger partial charge < -0.3 is 19.8 Å². The van der Waals surface area contributed by atoms with Crippen LogP contribution in [0.4, 0.5) is 8.78 Å². The molecule has 128 valence electrons. The Balaban J connectivity index is 0. The molecule has 0 N–H and O–H groups in total. The molecule has 0 fully saturated rings. The Morgan fingerprint density at radius 1 is 0.846 bits per heavy atom. The third-order valence-electron chi connectivity index (χ3n) is 2.92. The zero-order chi connectivity index (χ0) is 18.3. The van der Waals surface area contributed by atoms with Gasteiger partial charge in [0, 0.05) is 11.8 Å². The fourth-order valence-corrected chi connectivity index (χ4v) is 1.50. The summed E-state index contributed by atoms with van der Waals surface area (Å²) in [7, 11) is 0. The number of rotatable bonds is 4. The average Bonchev–Trinajstić information content (AvgIpc) is 2.55. The van der Waals surface area contributed by atoms with Crippen LogP contribution in [0, 0.1) is 11.6 Å². The molecule has 0 amide bonds. The fraction of sp³-hybridized carbons (Fsp3) is 0.286. The van der Waals surface area contributed by atoms with E-state index in [4.69, 9.17) is 0 Å². The maximum atomic E-state index is 12.8. The largest absolute Gasteiger partial charge is 1.00 e. The van der Waals surface area contributed by atoms with Crippen LogP contribution < -0.4 is 69.3 Å². The zero-order valence-electron chi connectivity index (χ0n) is 14.6. The standard InChI is InChI=1S/2C7H7FN2O2.2Na/c2*1-4(7(11)12)6-5(8)2-9-3-10-6;;/h2*2-4H,1H3,(H,11,12);;/q;;2*+1/p-2. The van der Waals surface area contributed by atoms with Gasteiger partial charge in [-0.2, -0.15) is 0 Å². The van der Waals surface area contributed by atoms with Gasteiger partial charge in [0.2, 0.25) is 0 Å². The molecule has 26 heavy (non-hydrogen) atoms. The predicted octanol–water partition coefficient (Wildman–Crippen LogP) is -7.05. The number of aromatic nitrogens is 4. The minimum atomic E-state index is -1.35. The molecule has 0 aliphatic heterocycles. The Kier molecular flexibility index (Phi) is 13.8. The third-order valence-corrected chi connectivity index (χ3v) is 2.92. The van der Waals surface area contributed by atoms with Gasteiger partial charge in [-0.1, -0.05) is 13.8 Å². The molecule has 2 rings (SSSR count). The van der Waals surface area contributed by atoms with Gasteiger partial charge in [-0.15, -0.1) is 0 Å². The molecule has 8 nitrogen and oxygen atoms in total. The SMILES string of the molecule is CC(C(=O)[O-])c1ncncc1F.CC(C(=O)[O-])c1ncncc1F.[Na+].[Na+]. The second-order valence-electron chi connectivity index (χ2n) is 4.59. The van der Waals surface area contributed by atoms with Gasteiger partial charge in [0.05, 0.1) is 35.7 Å². The molecular formula is C14H12F2N4Na2O4. The molecule has 0 saturated carbocycles. The quantitative estimate of drug-likeness (QED) is 0.475. The molecule has 0 saturated heterocycles. The number of carbonyl (C=O) groups excluding carboxylic acids is 2. The number of carboxylic acid groups (broad SMARTS) is 2. The van der Waals surface area contributed by atoms with Gasteiger partial charge in [-0.05, 0) is 0 Å². The van der Waals surface area contributed by atoms with Crippen LogP contribution in [-0.4, -0.2) is 31.9 Å². The molecule has 0 spiro atoms. The maximum Gasteiger partial charge on any atom is 1.00 e. The summed E-state index contributed by atoms with van der Waals surface area (Å²) in [6.07, 6.45) is 4.03. The molecule has 0 aromatic carbocycles. The number of halogens is 2. The summed E-state index contributed by atoms with van der Waals surface area (Å²) < 4.78 is 25.6. The van der Waals surface area contributed by atoms with Crippen molar-refractivity contribution in [2.75, 3.05) is 0 Å². The van der Waals surface area contributed by atoms with Crippen molar-refractivity contribution >= 4 is 11.9 Å². The van der Waals surface area contributed by atoms with Gasteiger partial charge in [0.15, 0.2) is 11.6 Å². The Bertz CT molecular complexity index is 678. The summed E-state index contributed by atoms with van der Waals surface area (Å²) in [5.74, 6) is -6.26. The van der Waals surface area contributed by atoms with Crippen molar-refractivity contribution in [3.05, 3.63) is 48.1 Å². The molecule has 0 aliphatic rings. The van der Waals surface area contributed by atoms with E-state index in [1.165, 1.54) is 13.8 Å². The molecular weight excluding hydrogens is 372 g/mol. The van der Waals surface area contributed by atoms with E-state index in [0.717, 1.165) is 25.0 Å². The summed E-state index contributed by atoms with van der Waals surface area (Å²) in [5, 5.41) is 20.6. The molecule has 2 aromatic rings. The predicted molar refractivity (Wildman–Crippen MR) is 70.8 cm³/mol. The van der Waals surface area contributed by atoms with E-state index in [2.05, 4.69) is 19.9 Å². The van der Waals surface area contributed by atoms with Crippen molar-refractivity contribution in [1.29, 1.82) is 0 Å². The van der Waals surface area contributed by atoms with E-state index in [-0.39, 0.29) is 70.5 Å². The van der Waals surface area contributed by atoms with Gasteiger partial charge in [-0.25, -0.2) is 28.7 Å². The molecule has 0 bridgehead atoms. The fourth-order valence-electron chi connectivity index (χ4n) is 1.50. The van der Waals surface area contributed by atoms with Crippen LogP contribution in [0.2, 0.25) is 0 Å². The number of carbonyl (C=O) groups is 2. The summed E-state index contributed by atoms with van der Waals surface area (Å²) in [5.41, 5.74) is -0.296. The van der Waals surface area contributed by atoms with Crippen molar-refractivity contribution < 1.29 is 87.7 Å². The van der Waals surface area contributed by atoms with Crippen molar-refractivity contribution in [3.63, 3.8) is 0 Å². The Hall–Kier alpha value is -1.04. The third kappa shape index (κ3) is 8.11. The maximum absolute atomic E-state index is 12.8. The second kappa shape index (κ2) is 13.2. The normalized spacial score (nSPS) is 11.5. The first-order chi connectivity index (χ1) is 11.3. The average molecular weight is 384 g/mol. The van der Waals surface area contributed by atoms with E-state index in [1.807, 2.05) is 0 Å². The van der Waals surface area contributed by atoms with Crippen molar-refractivity contribution in [3.8, 4) is 0 Å². The Labute approximate surface area is 192 Å². The minimum absolute atomic E-state index is 0. The second-order valence-corrected chi connectivity index (χ2v) is 4.59. The number of nitrogens with zero attached hydrogens (tertiary/aromatic N) is 4. The van der Waals surface area contributed by atoms with Gasteiger partial charge in [0.1, 0.15) is 12.7 Å². The van der Waals surface area contributed by atoms with E-state index in [9.17, 15) is 28.6 Å². The molecule has 2 heterocycles. The van der Waals surface area contributed by atoms with Crippen molar-refractivity contribution in [2.24, 2.45) is 0 Å². The molecule has 0 aliphatic carbocycles. The molecule has 12 heteroatoms. The van der Waals surface area contributed by atoms with Crippen LogP contribution >= 0.6 is 0 Å². The van der Waals surface area contributed by atoms with Crippen LogP contribution in [0.15, 0.2) is 25.0 Å². The Morgan fingerprint density at radius 3 is 1.38 bits per heavy atom. The van der Waals surface area contributed by atoms with Crippen molar-refractivity contribution in [1.82, 2.24) is 19.9 Å². The van der Waals surface area contributed by atoms with E-state index < -0.39 is 35.4 Å². The smallest absolute Gasteiger partial charge is 0.549 e. The number of hydrogen-bond acceptors (Lipinski definition) is 8. The Morgan fingerprint density at radius 2 is 1.15 bits per heavy atom. The molecule has 2 atom stereocenters. The number of hydrogen-bond donors (Lipinski definition) is 0. The van der Waals surface area contributed by atoms with Gasteiger partial charge in [0.25, 0.3) is 0 Å². The molecule has 0 radical (unpaired) electrons. The van der Waals surface area contributed by atoms with Crippen LogP contribution in [0.3, 0.4) is 0 Å². The van der Waals surface area contributed by atoms with Crippen LogP contribution in [0.25, 0.3) is 0 Å². The summed E-state index contributed by atoms with van der Waals surface area (Å²) in [6, 6.07) is 0. The summed E-state index contributed by atoms with van der Waals surface area (Å²) >= 11 is 0. The zero-order valence-corrected chi connectivity index (χ0v) is 18.6. The van der Waals surface area contributed by atoms with Gasteiger partial charge >= 0.3 is 59.1 Å². The van der Waals surface area contributed by atoms with Crippen LogP contribution in [-0.2, 0) is 9.59 Å². The monoisotopic (exact) mass is 384 g/mol.